The second kappa shape index (κ2) is 8.84. The number of anilines is 1. The first kappa shape index (κ1) is 21.6. The molecule has 1 saturated carbocycles. The molecular weight excluding hydrogens is 412 g/mol. The number of carbonyl (C=O) groups excluding carboxylic acids is 1. The Balaban J connectivity index is 1.61. The van der Waals surface area contributed by atoms with E-state index in [1.165, 1.54) is 0 Å². The first-order valence-corrected chi connectivity index (χ1v) is 11.5. The number of fused-ring (bicyclic) bond motifs is 1. The van der Waals surface area contributed by atoms with Gasteiger partial charge in [0.15, 0.2) is 0 Å². The summed E-state index contributed by atoms with van der Waals surface area (Å²) >= 11 is 1.61. The van der Waals surface area contributed by atoms with Crippen LogP contribution in [0.5, 0.6) is 0 Å². The highest BCUT2D eigenvalue weighted by molar-refractivity contribution is 7.21. The third kappa shape index (κ3) is 4.38. The van der Waals surface area contributed by atoms with Crippen LogP contribution in [0.4, 0.5) is 5.82 Å². The van der Waals surface area contributed by atoms with Gasteiger partial charge >= 0.3 is 0 Å². The highest BCUT2D eigenvalue weighted by Gasteiger charge is 2.34. The molecule has 164 valence electrons. The molecule has 3 heterocycles. The number of rotatable bonds is 6. The third-order valence-corrected chi connectivity index (χ3v) is 6.82. The zero-order valence-electron chi connectivity index (χ0n) is 18.3. The van der Waals surface area contributed by atoms with E-state index in [1.54, 1.807) is 17.5 Å². The average molecular weight is 441 g/mol. The highest BCUT2D eigenvalue weighted by Crippen LogP contribution is 2.38. The molecule has 1 fully saturated rings. The number of nitrogens with one attached hydrogen (secondary N) is 2. The molecule has 0 spiro atoms. The number of aryl methyl sites for hydroxylation is 3. The number of thiazole rings is 1. The van der Waals surface area contributed by atoms with Gasteiger partial charge in [-0.3, -0.25) is 9.78 Å². The fraction of sp³-hybridized carbons (Fsp3) is 0.500. The zero-order valence-corrected chi connectivity index (χ0v) is 19.1. The number of aromatic nitrogens is 4. The van der Waals surface area contributed by atoms with Crippen LogP contribution in [0.15, 0.2) is 12.3 Å². The van der Waals surface area contributed by atoms with E-state index >= 15 is 0 Å². The molecule has 8 nitrogen and oxygen atoms in total. The van der Waals surface area contributed by atoms with Crippen LogP contribution >= 0.6 is 11.3 Å². The summed E-state index contributed by atoms with van der Waals surface area (Å²) < 4.78 is 1.08. The number of hydrogen-bond donors (Lipinski definition) is 3. The van der Waals surface area contributed by atoms with Crippen molar-refractivity contribution < 1.29 is 9.90 Å². The average Bonchev–Trinajstić information content (AvgIpc) is 3.35. The summed E-state index contributed by atoms with van der Waals surface area (Å²) in [5.74, 6) is 1.10. The molecule has 1 aliphatic carbocycles. The van der Waals surface area contributed by atoms with Gasteiger partial charge in [0.25, 0.3) is 0 Å². The number of nitrogens with zero attached hydrogens (tertiary/aromatic N) is 4. The fourth-order valence-electron chi connectivity index (χ4n) is 4.28. The SMILES string of the molecule is CCNC(=O)C(O)C1CCC(Nc2nc(C)nc(C)c2-c2nc3c(C)nccc3s2)C1. The van der Waals surface area contributed by atoms with E-state index in [1.807, 2.05) is 33.8 Å². The molecule has 3 aromatic rings. The summed E-state index contributed by atoms with van der Waals surface area (Å²) in [4.78, 5) is 30.5. The van der Waals surface area contributed by atoms with Crippen LogP contribution in [0.3, 0.4) is 0 Å². The maximum Gasteiger partial charge on any atom is 0.249 e. The lowest BCUT2D eigenvalue weighted by Crippen LogP contribution is -2.38. The van der Waals surface area contributed by atoms with E-state index in [0.29, 0.717) is 18.8 Å². The number of carbonyl (C=O) groups is 1. The number of pyridine rings is 1. The number of aliphatic hydroxyl groups excluding tert-OH is 1. The maximum atomic E-state index is 12.0. The molecule has 0 aliphatic heterocycles. The molecule has 0 aromatic carbocycles. The zero-order chi connectivity index (χ0) is 22.1. The summed E-state index contributed by atoms with van der Waals surface area (Å²) in [7, 11) is 0. The Hall–Kier alpha value is -2.65. The van der Waals surface area contributed by atoms with Crippen molar-refractivity contribution in [2.45, 2.75) is 59.1 Å². The lowest BCUT2D eigenvalue weighted by atomic mass is 10.00. The van der Waals surface area contributed by atoms with Crippen LogP contribution in [0.25, 0.3) is 20.8 Å². The normalized spacial score (nSPS) is 19.5. The Morgan fingerprint density at radius 3 is 2.77 bits per heavy atom. The van der Waals surface area contributed by atoms with Gasteiger partial charge in [-0.05, 0) is 58.9 Å². The van der Waals surface area contributed by atoms with Crippen molar-refractivity contribution in [1.82, 2.24) is 25.3 Å². The van der Waals surface area contributed by atoms with Gasteiger partial charge in [0.1, 0.15) is 28.3 Å². The van der Waals surface area contributed by atoms with Gasteiger partial charge in [-0.2, -0.15) is 0 Å². The van der Waals surface area contributed by atoms with Crippen molar-refractivity contribution in [1.29, 1.82) is 0 Å². The van der Waals surface area contributed by atoms with Gasteiger partial charge in [0.05, 0.1) is 21.7 Å². The minimum atomic E-state index is -0.972. The van der Waals surface area contributed by atoms with Crippen molar-refractivity contribution >= 4 is 33.3 Å². The van der Waals surface area contributed by atoms with Gasteiger partial charge in [0, 0.05) is 18.8 Å². The second-order valence-corrected chi connectivity index (χ2v) is 9.13. The number of likely N-dealkylation sites (N-methyl/N-ethyl adjacent to an activating group) is 1. The Morgan fingerprint density at radius 2 is 2.03 bits per heavy atom. The summed E-state index contributed by atoms with van der Waals surface area (Å²) in [5.41, 5.74) is 3.58. The lowest BCUT2D eigenvalue weighted by Gasteiger charge is -2.19. The molecule has 1 aliphatic rings. The van der Waals surface area contributed by atoms with Gasteiger partial charge in [-0.25, -0.2) is 15.0 Å². The molecule has 3 unspecified atom stereocenters. The Bertz CT molecular complexity index is 1110. The predicted octanol–water partition coefficient (Wildman–Crippen LogP) is 3.15. The van der Waals surface area contributed by atoms with E-state index in [4.69, 9.17) is 4.98 Å². The van der Waals surface area contributed by atoms with E-state index in [-0.39, 0.29) is 17.9 Å². The molecule has 3 atom stereocenters. The van der Waals surface area contributed by atoms with Crippen LogP contribution < -0.4 is 10.6 Å². The Kier molecular flexibility index (Phi) is 6.15. The molecule has 0 bridgehead atoms. The van der Waals surface area contributed by atoms with E-state index in [2.05, 4.69) is 25.6 Å². The summed E-state index contributed by atoms with van der Waals surface area (Å²) in [6.07, 6.45) is 3.20. The van der Waals surface area contributed by atoms with E-state index < -0.39 is 6.10 Å². The van der Waals surface area contributed by atoms with Crippen molar-refractivity contribution in [3.63, 3.8) is 0 Å². The van der Waals surface area contributed by atoms with Gasteiger partial charge in [0.2, 0.25) is 5.91 Å². The van der Waals surface area contributed by atoms with Gasteiger partial charge < -0.3 is 15.7 Å². The standard InChI is InChI=1S/C22H28N6O2S/c1-5-23-21(30)19(29)14-6-7-15(10-14)27-20-17(11(2)25-13(4)26-20)22-28-18-12(3)24-9-8-16(18)31-22/h8-9,14-15,19,29H,5-7,10H2,1-4H3,(H,23,30)(H,25,26,27). The number of hydrogen-bond acceptors (Lipinski definition) is 8. The minimum Gasteiger partial charge on any atom is -0.383 e. The summed E-state index contributed by atoms with van der Waals surface area (Å²) in [5, 5.41) is 17.5. The maximum absolute atomic E-state index is 12.0. The van der Waals surface area contributed by atoms with Crippen LogP contribution in [0.1, 0.15) is 43.4 Å². The van der Waals surface area contributed by atoms with Crippen molar-refractivity contribution in [3.05, 3.63) is 29.5 Å². The minimum absolute atomic E-state index is 0.0623. The quantitative estimate of drug-likeness (QED) is 0.540. The Morgan fingerprint density at radius 1 is 1.23 bits per heavy atom. The smallest absolute Gasteiger partial charge is 0.249 e. The Labute approximate surface area is 185 Å². The predicted molar refractivity (Wildman–Crippen MR) is 122 cm³/mol. The van der Waals surface area contributed by atoms with Crippen molar-refractivity contribution in [2.24, 2.45) is 5.92 Å². The molecule has 3 N–H and O–H groups in total. The van der Waals surface area contributed by atoms with Crippen LogP contribution in [0.2, 0.25) is 0 Å². The summed E-state index contributed by atoms with van der Waals surface area (Å²) in [6.45, 7) is 8.18. The molecule has 0 radical (unpaired) electrons. The number of amides is 1. The molecule has 4 rings (SSSR count). The molecule has 3 aromatic heterocycles. The molecule has 0 saturated heterocycles. The van der Waals surface area contributed by atoms with Gasteiger partial charge in [-0.15, -0.1) is 11.3 Å². The van der Waals surface area contributed by atoms with E-state index in [9.17, 15) is 9.90 Å². The molecule has 31 heavy (non-hydrogen) atoms. The van der Waals surface area contributed by atoms with Crippen LogP contribution in [0, 0.1) is 26.7 Å². The van der Waals surface area contributed by atoms with Crippen molar-refractivity contribution in [2.75, 3.05) is 11.9 Å². The topological polar surface area (TPSA) is 113 Å². The van der Waals surface area contributed by atoms with E-state index in [0.717, 1.165) is 50.8 Å². The largest absolute Gasteiger partial charge is 0.383 e. The summed E-state index contributed by atoms with van der Waals surface area (Å²) in [6, 6.07) is 2.10. The first-order valence-electron chi connectivity index (χ1n) is 10.7. The first-order chi connectivity index (χ1) is 14.9. The third-order valence-electron chi connectivity index (χ3n) is 5.79. The van der Waals surface area contributed by atoms with Crippen LogP contribution in [-0.2, 0) is 4.79 Å². The van der Waals surface area contributed by atoms with Crippen LogP contribution in [-0.4, -0.2) is 49.6 Å². The second-order valence-electron chi connectivity index (χ2n) is 8.10. The molecule has 9 heteroatoms. The number of aliphatic hydroxyl groups is 1. The van der Waals surface area contributed by atoms with Gasteiger partial charge in [-0.1, -0.05) is 0 Å². The molecular formula is C22H28N6O2S. The molecule has 1 amide bonds. The fourth-order valence-corrected chi connectivity index (χ4v) is 5.39. The highest BCUT2D eigenvalue weighted by atomic mass is 32.1. The lowest BCUT2D eigenvalue weighted by molar-refractivity contribution is -0.131. The van der Waals surface area contributed by atoms with Crippen molar-refractivity contribution in [3.8, 4) is 10.6 Å². The monoisotopic (exact) mass is 440 g/mol.